The highest BCUT2D eigenvalue weighted by Gasteiger charge is 2.42. The number of nitrogens with one attached hydrogen (secondary N) is 2. The minimum absolute atomic E-state index is 0.0165. The van der Waals surface area contributed by atoms with E-state index in [1.165, 1.54) is 36.4 Å². The van der Waals surface area contributed by atoms with Crippen LogP contribution in [-0.4, -0.2) is 59.4 Å². The van der Waals surface area contributed by atoms with E-state index in [1.54, 1.807) is 31.2 Å². The van der Waals surface area contributed by atoms with E-state index < -0.39 is 29.4 Å². The summed E-state index contributed by atoms with van der Waals surface area (Å²) in [4.78, 5) is 67.4. The van der Waals surface area contributed by atoms with Gasteiger partial charge in [-0.05, 0) is 87.3 Å². The van der Waals surface area contributed by atoms with Crippen LogP contribution in [0, 0.1) is 30.6 Å². The molecule has 2 N–H and O–H groups in total. The highest BCUT2D eigenvalue weighted by atomic mass is 16.5. The first-order valence-corrected chi connectivity index (χ1v) is 16.8. The second-order valence-corrected chi connectivity index (χ2v) is 13.6. The molecule has 5 rings (SSSR count). The number of nitrogens with zero attached hydrogens (tertiary/aromatic N) is 2. The van der Waals surface area contributed by atoms with E-state index in [0.29, 0.717) is 28.9 Å². The Bertz CT molecular complexity index is 1750. The molecule has 0 saturated heterocycles. The molecule has 0 radical (unpaired) electrons. The third-order valence-electron chi connectivity index (χ3n) is 10.0. The van der Waals surface area contributed by atoms with Crippen LogP contribution in [0.15, 0.2) is 64.0 Å². The van der Waals surface area contributed by atoms with Crippen LogP contribution in [0.2, 0.25) is 0 Å². The van der Waals surface area contributed by atoms with Gasteiger partial charge in [0.2, 0.25) is 11.8 Å². The summed E-state index contributed by atoms with van der Waals surface area (Å²) < 4.78 is 11.7. The summed E-state index contributed by atoms with van der Waals surface area (Å²) in [5.74, 6) is 0.374. The number of fused-ring (bicyclic) bond motifs is 3. The van der Waals surface area contributed by atoms with Gasteiger partial charge in [0.05, 0.1) is 7.11 Å². The zero-order chi connectivity index (χ0) is 34.5. The third kappa shape index (κ3) is 7.72. The molecule has 48 heavy (non-hydrogen) atoms. The number of hydrogen-bond acceptors (Lipinski definition) is 7. The fraction of sp³-hybridized carbons (Fsp3) is 0.486. The number of anilines is 1. The molecule has 6 atom stereocenters. The Kier molecular flexibility index (Phi) is 10.9. The average Bonchev–Trinajstić information content (AvgIpc) is 3.39. The zero-order valence-electron chi connectivity index (χ0n) is 28.4. The third-order valence-corrected chi connectivity index (χ3v) is 10.0. The van der Waals surface area contributed by atoms with Gasteiger partial charge in [-0.15, -0.1) is 0 Å². The number of ether oxygens (including phenoxy) is 1. The van der Waals surface area contributed by atoms with Gasteiger partial charge in [-0.1, -0.05) is 38.1 Å². The predicted molar refractivity (Wildman–Crippen MR) is 182 cm³/mol. The summed E-state index contributed by atoms with van der Waals surface area (Å²) >= 11 is 0. The lowest BCUT2D eigenvalue weighted by Crippen LogP contribution is -2.52. The van der Waals surface area contributed by atoms with Crippen LogP contribution >= 0.6 is 0 Å². The molecule has 5 unspecified atom stereocenters. The van der Waals surface area contributed by atoms with Crippen LogP contribution in [0.5, 0.6) is 0 Å². The summed E-state index contributed by atoms with van der Waals surface area (Å²) in [6, 6.07) is 9.36. The number of furan rings is 1. The number of pyridine rings is 1. The lowest BCUT2D eigenvalue weighted by Gasteiger charge is -2.49. The van der Waals surface area contributed by atoms with E-state index in [1.807, 2.05) is 24.1 Å². The number of methoxy groups -OCH3 is 1. The van der Waals surface area contributed by atoms with Crippen molar-refractivity contribution < 1.29 is 28.3 Å². The van der Waals surface area contributed by atoms with Crippen LogP contribution in [0.1, 0.15) is 68.5 Å². The van der Waals surface area contributed by atoms with E-state index in [4.69, 9.17) is 4.42 Å². The van der Waals surface area contributed by atoms with Crippen molar-refractivity contribution >= 4 is 40.3 Å². The highest BCUT2D eigenvalue weighted by molar-refractivity contribution is 6.03. The molecule has 11 nitrogen and oxygen atoms in total. The maximum Gasteiger partial charge on any atom is 0.330 e. The normalized spacial score (nSPS) is 22.6. The van der Waals surface area contributed by atoms with Crippen LogP contribution < -0.4 is 16.2 Å². The molecule has 2 bridgehead atoms. The van der Waals surface area contributed by atoms with Gasteiger partial charge in [0.1, 0.15) is 23.9 Å². The molecule has 1 aromatic carbocycles. The first-order chi connectivity index (χ1) is 23.0. The number of aryl methyl sites for hydroxylation is 1. The number of rotatable bonds is 11. The van der Waals surface area contributed by atoms with Crippen molar-refractivity contribution in [3.05, 3.63) is 76.4 Å². The van der Waals surface area contributed by atoms with Crippen molar-refractivity contribution in [1.29, 1.82) is 0 Å². The minimum atomic E-state index is -1.08. The van der Waals surface area contributed by atoms with E-state index in [-0.39, 0.29) is 42.8 Å². The Morgan fingerprint density at radius 1 is 1.08 bits per heavy atom. The summed E-state index contributed by atoms with van der Waals surface area (Å²) in [6.07, 6.45) is 9.32. The van der Waals surface area contributed by atoms with Gasteiger partial charge in [0.15, 0.2) is 5.76 Å². The van der Waals surface area contributed by atoms with E-state index in [2.05, 4.69) is 29.2 Å². The number of amides is 3. The summed E-state index contributed by atoms with van der Waals surface area (Å²) in [7, 11) is 3.10. The number of carbonyl (C=O) groups is 4. The van der Waals surface area contributed by atoms with E-state index >= 15 is 0 Å². The van der Waals surface area contributed by atoms with Gasteiger partial charge in [-0.3, -0.25) is 19.2 Å². The topological polar surface area (TPSA) is 140 Å². The lowest BCUT2D eigenvalue weighted by molar-refractivity contribution is -0.137. The maximum atomic E-state index is 13.6. The number of para-hydroxylation sites is 1. The van der Waals surface area contributed by atoms with Crippen LogP contribution in [0.25, 0.3) is 11.0 Å². The molecule has 2 fully saturated rings. The molecule has 2 saturated carbocycles. The Hall–Kier alpha value is -4.67. The monoisotopic (exact) mass is 658 g/mol. The smallest absolute Gasteiger partial charge is 0.330 e. The van der Waals surface area contributed by atoms with Crippen molar-refractivity contribution in [3.63, 3.8) is 0 Å². The van der Waals surface area contributed by atoms with E-state index in [0.717, 1.165) is 30.6 Å². The molecule has 2 heterocycles. The number of allylic oxidation sites excluding steroid dienone is 1. The Morgan fingerprint density at radius 2 is 1.85 bits per heavy atom. The molecule has 3 amide bonds. The molecule has 2 aromatic heterocycles. The van der Waals surface area contributed by atoms with Gasteiger partial charge in [-0.2, -0.15) is 0 Å². The first kappa shape index (κ1) is 34.7. The van der Waals surface area contributed by atoms with Gasteiger partial charge < -0.3 is 29.3 Å². The minimum Gasteiger partial charge on any atom is -0.466 e. The van der Waals surface area contributed by atoms with Crippen molar-refractivity contribution in [2.75, 3.05) is 19.5 Å². The average molecular weight is 659 g/mol. The van der Waals surface area contributed by atoms with Crippen molar-refractivity contribution in [3.8, 4) is 0 Å². The number of carbonyl (C=O) groups excluding carboxylic acids is 4. The van der Waals surface area contributed by atoms with E-state index in [9.17, 15) is 24.0 Å². The molecule has 256 valence electrons. The van der Waals surface area contributed by atoms with Gasteiger partial charge in [-0.25, -0.2) is 4.79 Å². The lowest BCUT2D eigenvalue weighted by atomic mass is 9.62. The summed E-state index contributed by atoms with van der Waals surface area (Å²) in [5, 5.41) is 6.18. The van der Waals surface area contributed by atoms with Gasteiger partial charge in [0.25, 0.3) is 11.5 Å². The molecule has 0 spiro atoms. The van der Waals surface area contributed by atoms with Gasteiger partial charge in [0, 0.05) is 36.3 Å². The number of hydrogen-bond donors (Lipinski definition) is 2. The fourth-order valence-corrected chi connectivity index (χ4v) is 7.90. The molecular weight excluding hydrogens is 612 g/mol. The Morgan fingerprint density at radius 3 is 2.60 bits per heavy atom. The Labute approximate surface area is 280 Å². The van der Waals surface area contributed by atoms with Crippen molar-refractivity contribution in [2.45, 2.75) is 77.9 Å². The Balaban J connectivity index is 1.30. The van der Waals surface area contributed by atoms with Crippen LogP contribution in [0.4, 0.5) is 5.69 Å². The zero-order valence-corrected chi connectivity index (χ0v) is 28.4. The quantitative estimate of drug-likeness (QED) is 0.217. The summed E-state index contributed by atoms with van der Waals surface area (Å²) in [6.45, 7) is 6.13. The second kappa shape index (κ2) is 15.0. The fourth-order valence-electron chi connectivity index (χ4n) is 7.90. The predicted octanol–water partition coefficient (Wildman–Crippen LogP) is 5.07. The van der Waals surface area contributed by atoms with Crippen molar-refractivity contribution in [2.24, 2.45) is 23.7 Å². The number of likely N-dealkylation sites (N-methyl/N-ethyl adjacent to an activating group) is 1. The molecule has 0 aliphatic heterocycles. The van der Waals surface area contributed by atoms with Crippen molar-refractivity contribution in [1.82, 2.24) is 14.8 Å². The van der Waals surface area contributed by atoms with Crippen LogP contribution in [-0.2, 0) is 25.7 Å². The standard InChI is InChI=1S/C37H46N4O7/c1-22-17-25-19-23(2)33(26(18-22)20-25)40(4)31(42)21-41-16-10-13-29(37(41)46)39-35(44)28(12-7-9-15-32(43)47-5)38-36(45)34-24(3)27-11-6-8-14-30(27)48-34/h6,8-11,13-16,22-23,25-26,28,33H,7,12,17-21H2,1-5H3,(H,38,45)(H,39,44)/b15-9+/t22?,23?,25?,26?,28-,33?/m0/s1. The molecule has 2 aliphatic carbocycles. The molecular formula is C37H46N4O7. The number of aromatic nitrogens is 1. The SMILES string of the molecule is COC(=O)/C=C/CC[C@H](NC(=O)c1oc2ccccc2c1C)C(=O)Nc1cccn(CC(=O)N(C)C2C(C)CC3CC(C)CC2C3)c1=O. The molecule has 2 aliphatic rings. The van der Waals surface area contributed by atoms with Gasteiger partial charge >= 0.3 is 5.97 Å². The second-order valence-electron chi connectivity index (χ2n) is 13.6. The van der Waals surface area contributed by atoms with Crippen LogP contribution in [0.3, 0.4) is 0 Å². The maximum absolute atomic E-state index is 13.6. The number of benzene rings is 1. The highest BCUT2D eigenvalue weighted by Crippen LogP contribution is 2.46. The molecule has 11 heteroatoms. The largest absolute Gasteiger partial charge is 0.466 e. The number of esters is 1. The summed E-state index contributed by atoms with van der Waals surface area (Å²) in [5.41, 5.74) is 0.633. The molecule has 3 aromatic rings. The first-order valence-electron chi connectivity index (χ1n) is 16.8.